The average molecular weight is 305 g/mol. The van der Waals surface area contributed by atoms with Crippen molar-refractivity contribution in [1.29, 1.82) is 0 Å². The number of nitrogens with zero attached hydrogens (tertiary/aromatic N) is 1. The zero-order valence-corrected chi connectivity index (χ0v) is 13.2. The van der Waals surface area contributed by atoms with E-state index >= 15 is 0 Å². The van der Waals surface area contributed by atoms with Gasteiger partial charge in [0.1, 0.15) is 9.84 Å². The molecule has 1 heterocycles. The number of ether oxygens (including phenoxy) is 1. The Morgan fingerprint density at radius 1 is 1.25 bits per heavy atom. The summed E-state index contributed by atoms with van der Waals surface area (Å²) < 4.78 is 27.8. The predicted molar refractivity (Wildman–Crippen MR) is 78.5 cm³/mol. The van der Waals surface area contributed by atoms with E-state index in [4.69, 9.17) is 4.74 Å². The highest BCUT2D eigenvalue weighted by Gasteiger charge is 2.45. The molecule has 1 aliphatic heterocycles. The van der Waals surface area contributed by atoms with Gasteiger partial charge in [0.25, 0.3) is 0 Å². The second-order valence-corrected chi connectivity index (χ2v) is 8.46. The van der Waals surface area contributed by atoms with E-state index in [0.717, 1.165) is 52.0 Å². The van der Waals surface area contributed by atoms with Crippen LogP contribution >= 0.6 is 0 Å². The van der Waals surface area contributed by atoms with Crippen molar-refractivity contribution in [3.05, 3.63) is 0 Å². The molecular formula is C14H27NO4S. The first kappa shape index (κ1) is 16.2. The van der Waals surface area contributed by atoms with Crippen molar-refractivity contribution in [3.8, 4) is 0 Å². The lowest BCUT2D eigenvalue weighted by atomic mass is 9.85. The van der Waals surface area contributed by atoms with E-state index in [1.807, 2.05) is 0 Å². The molecular weight excluding hydrogens is 278 g/mol. The minimum atomic E-state index is -2.93. The van der Waals surface area contributed by atoms with Crippen LogP contribution in [0.4, 0.5) is 0 Å². The number of hydrogen-bond donors (Lipinski definition) is 1. The number of sulfone groups is 1. The summed E-state index contributed by atoms with van der Waals surface area (Å²) in [5.74, 6) is 0.170. The first-order chi connectivity index (χ1) is 9.44. The normalized spacial score (nSPS) is 25.7. The fourth-order valence-electron chi connectivity index (χ4n) is 3.66. The van der Waals surface area contributed by atoms with Gasteiger partial charge in [0.2, 0.25) is 0 Å². The van der Waals surface area contributed by atoms with E-state index in [0.29, 0.717) is 12.8 Å². The van der Waals surface area contributed by atoms with Gasteiger partial charge < -0.3 is 9.84 Å². The molecule has 1 saturated heterocycles. The lowest BCUT2D eigenvalue weighted by Crippen LogP contribution is -2.58. The molecule has 0 aromatic carbocycles. The van der Waals surface area contributed by atoms with Gasteiger partial charge in [-0.1, -0.05) is 12.8 Å². The molecule has 2 rings (SSSR count). The number of morpholine rings is 1. The van der Waals surface area contributed by atoms with Crippen molar-refractivity contribution < 1.29 is 18.3 Å². The zero-order chi connectivity index (χ0) is 14.6. The maximum absolute atomic E-state index is 11.2. The van der Waals surface area contributed by atoms with E-state index in [9.17, 15) is 13.5 Å². The zero-order valence-electron chi connectivity index (χ0n) is 12.4. The van der Waals surface area contributed by atoms with Crippen LogP contribution in [0.1, 0.15) is 38.5 Å². The summed E-state index contributed by atoms with van der Waals surface area (Å²) in [6, 6.07) is 0. The molecule has 1 saturated carbocycles. The Morgan fingerprint density at radius 2 is 1.85 bits per heavy atom. The monoisotopic (exact) mass is 305 g/mol. The third kappa shape index (κ3) is 3.93. The quantitative estimate of drug-likeness (QED) is 0.787. The lowest BCUT2D eigenvalue weighted by Gasteiger charge is -2.46. The van der Waals surface area contributed by atoms with Gasteiger partial charge in [-0.2, -0.15) is 0 Å². The van der Waals surface area contributed by atoms with Gasteiger partial charge in [-0.25, -0.2) is 8.42 Å². The number of aliphatic hydroxyl groups is 1. The third-order valence-corrected chi connectivity index (χ3v) is 5.75. The Kier molecular flexibility index (Phi) is 5.45. The second-order valence-electron chi connectivity index (χ2n) is 6.20. The fourth-order valence-corrected chi connectivity index (χ4v) is 4.35. The molecule has 0 aromatic heterocycles. The van der Waals surface area contributed by atoms with Crippen LogP contribution in [0.5, 0.6) is 0 Å². The summed E-state index contributed by atoms with van der Waals surface area (Å²) >= 11 is 0. The molecule has 0 radical (unpaired) electrons. The van der Waals surface area contributed by atoms with Gasteiger partial charge in [0, 0.05) is 30.6 Å². The molecule has 118 valence electrons. The SMILES string of the molecule is CS(=O)(=O)CCCC(O)C1(N2CCOCC2)CCCC1. The summed E-state index contributed by atoms with van der Waals surface area (Å²) in [4.78, 5) is 2.38. The highest BCUT2D eigenvalue weighted by Crippen LogP contribution is 2.40. The van der Waals surface area contributed by atoms with Gasteiger partial charge in [-0.05, 0) is 25.7 Å². The van der Waals surface area contributed by atoms with Crippen molar-refractivity contribution in [1.82, 2.24) is 4.90 Å². The summed E-state index contributed by atoms with van der Waals surface area (Å²) in [6.07, 6.45) is 6.30. The van der Waals surface area contributed by atoms with Gasteiger partial charge in [-0.15, -0.1) is 0 Å². The Balaban J connectivity index is 1.96. The average Bonchev–Trinajstić information content (AvgIpc) is 2.89. The van der Waals surface area contributed by atoms with Gasteiger partial charge >= 0.3 is 0 Å². The van der Waals surface area contributed by atoms with Crippen LogP contribution in [0.15, 0.2) is 0 Å². The molecule has 0 bridgehead atoms. The standard InChI is InChI=1S/C14H27NO4S/c1-20(17,18)12-4-5-13(16)14(6-2-3-7-14)15-8-10-19-11-9-15/h13,16H,2-12H2,1H3. The lowest BCUT2D eigenvalue weighted by molar-refractivity contribution is -0.0779. The fraction of sp³-hybridized carbons (Fsp3) is 1.00. The summed E-state index contributed by atoms with van der Waals surface area (Å²) in [6.45, 7) is 3.22. The van der Waals surface area contributed by atoms with Crippen LogP contribution in [0.2, 0.25) is 0 Å². The number of aliphatic hydroxyl groups excluding tert-OH is 1. The minimum Gasteiger partial charge on any atom is -0.391 e. The molecule has 20 heavy (non-hydrogen) atoms. The molecule has 0 spiro atoms. The van der Waals surface area contributed by atoms with Crippen molar-refractivity contribution in [2.24, 2.45) is 0 Å². The van der Waals surface area contributed by atoms with Crippen LogP contribution in [0.3, 0.4) is 0 Å². The summed E-state index contributed by atoms with van der Waals surface area (Å²) in [5, 5.41) is 10.7. The number of hydrogen-bond acceptors (Lipinski definition) is 5. The van der Waals surface area contributed by atoms with Crippen LogP contribution in [0.25, 0.3) is 0 Å². The van der Waals surface area contributed by atoms with E-state index in [1.165, 1.54) is 6.26 Å². The molecule has 2 fully saturated rings. The minimum absolute atomic E-state index is 0.138. The molecule has 1 atom stereocenters. The highest BCUT2D eigenvalue weighted by molar-refractivity contribution is 7.90. The molecule has 5 nitrogen and oxygen atoms in total. The van der Waals surface area contributed by atoms with Gasteiger partial charge in [0.15, 0.2) is 0 Å². The van der Waals surface area contributed by atoms with Crippen LogP contribution in [-0.2, 0) is 14.6 Å². The molecule has 1 unspecified atom stereocenters. The van der Waals surface area contributed by atoms with E-state index in [1.54, 1.807) is 0 Å². The maximum atomic E-state index is 11.2. The Labute approximate surface area is 122 Å². The molecule has 6 heteroatoms. The van der Waals surface area contributed by atoms with Crippen molar-refractivity contribution >= 4 is 9.84 Å². The molecule has 1 N–H and O–H groups in total. The smallest absolute Gasteiger partial charge is 0.147 e. The summed E-state index contributed by atoms with van der Waals surface area (Å²) in [5.41, 5.74) is -0.138. The Hall–Kier alpha value is -0.170. The largest absolute Gasteiger partial charge is 0.391 e. The first-order valence-corrected chi connectivity index (χ1v) is 9.69. The molecule has 2 aliphatic rings. The van der Waals surface area contributed by atoms with Crippen LogP contribution in [-0.4, -0.2) is 68.4 Å². The van der Waals surface area contributed by atoms with Gasteiger partial charge in [-0.3, -0.25) is 4.90 Å². The molecule has 1 aliphatic carbocycles. The Morgan fingerprint density at radius 3 is 2.40 bits per heavy atom. The van der Waals surface area contributed by atoms with E-state index < -0.39 is 15.9 Å². The summed E-state index contributed by atoms with van der Waals surface area (Å²) in [7, 11) is -2.93. The Bertz CT molecular complexity index is 397. The predicted octanol–water partition coefficient (Wildman–Crippen LogP) is 0.817. The third-order valence-electron chi connectivity index (χ3n) is 4.72. The topological polar surface area (TPSA) is 66.8 Å². The highest BCUT2D eigenvalue weighted by atomic mass is 32.2. The molecule has 0 amide bonds. The van der Waals surface area contributed by atoms with Crippen LogP contribution < -0.4 is 0 Å². The van der Waals surface area contributed by atoms with E-state index in [2.05, 4.69) is 4.90 Å². The molecule has 0 aromatic rings. The van der Waals surface area contributed by atoms with Crippen LogP contribution in [0, 0.1) is 0 Å². The van der Waals surface area contributed by atoms with Crippen molar-refractivity contribution in [2.75, 3.05) is 38.3 Å². The first-order valence-electron chi connectivity index (χ1n) is 7.63. The van der Waals surface area contributed by atoms with Gasteiger partial charge in [0.05, 0.1) is 19.3 Å². The maximum Gasteiger partial charge on any atom is 0.147 e. The van der Waals surface area contributed by atoms with Crippen molar-refractivity contribution in [3.63, 3.8) is 0 Å². The number of rotatable bonds is 6. The second kappa shape index (κ2) is 6.73. The van der Waals surface area contributed by atoms with E-state index in [-0.39, 0.29) is 11.3 Å². The van der Waals surface area contributed by atoms with Crippen molar-refractivity contribution in [2.45, 2.75) is 50.2 Å².